The van der Waals surface area contributed by atoms with Crippen LogP contribution in [0.2, 0.25) is 0 Å². The average Bonchev–Trinajstić information content (AvgIpc) is 2.54. The Bertz CT molecular complexity index is 578. The van der Waals surface area contributed by atoms with Gasteiger partial charge in [-0.05, 0) is 35.8 Å². The van der Waals surface area contributed by atoms with E-state index in [1.807, 2.05) is 6.21 Å². The van der Waals surface area contributed by atoms with Crippen LogP contribution in [-0.4, -0.2) is 38.7 Å². The monoisotopic (exact) mass is 316 g/mol. The Labute approximate surface area is 138 Å². The Morgan fingerprint density at radius 1 is 1.45 bits per heavy atom. The quantitative estimate of drug-likeness (QED) is 0.489. The molecule has 22 heavy (non-hydrogen) atoms. The van der Waals surface area contributed by atoms with Gasteiger partial charge in [-0.3, -0.25) is 4.99 Å². The fourth-order valence-electron chi connectivity index (χ4n) is 2.25. The van der Waals surface area contributed by atoms with E-state index < -0.39 is 0 Å². The van der Waals surface area contributed by atoms with E-state index in [0.717, 1.165) is 48.9 Å². The first-order valence-corrected chi connectivity index (χ1v) is 8.33. The second-order valence-electron chi connectivity index (χ2n) is 5.20. The summed E-state index contributed by atoms with van der Waals surface area (Å²) in [5, 5.41) is 0. The highest BCUT2D eigenvalue weighted by Crippen LogP contribution is 2.31. The second-order valence-corrected chi connectivity index (χ2v) is 5.65. The maximum Gasteiger partial charge on any atom is 0.143 e. The highest BCUT2D eigenvalue weighted by atomic mass is 32.1. The van der Waals surface area contributed by atoms with E-state index in [1.54, 1.807) is 0 Å². The minimum absolute atomic E-state index is 0.748. The maximum atomic E-state index is 5.74. The van der Waals surface area contributed by atoms with Gasteiger partial charge in [-0.2, -0.15) is 12.6 Å². The van der Waals surface area contributed by atoms with Crippen LogP contribution >= 0.6 is 12.6 Å². The third-order valence-corrected chi connectivity index (χ3v) is 3.80. The van der Waals surface area contributed by atoms with E-state index in [2.05, 4.69) is 72.9 Å². The lowest BCUT2D eigenvalue weighted by Gasteiger charge is -2.27. The van der Waals surface area contributed by atoms with Gasteiger partial charge in [0.25, 0.3) is 0 Å². The number of nitrogens with zero attached hydrogens (tertiary/aromatic N) is 2. The molecule has 4 heteroatoms. The zero-order valence-corrected chi connectivity index (χ0v) is 14.2. The smallest absolute Gasteiger partial charge is 0.143 e. The minimum atomic E-state index is 0.748. The van der Waals surface area contributed by atoms with Gasteiger partial charge in [0.1, 0.15) is 12.4 Å². The van der Waals surface area contributed by atoms with Crippen LogP contribution < -0.4 is 9.64 Å². The molecule has 0 amide bonds. The first kappa shape index (κ1) is 16.7. The lowest BCUT2D eigenvalue weighted by molar-refractivity contribution is 0.311. The van der Waals surface area contributed by atoms with Crippen molar-refractivity contribution in [3.05, 3.63) is 41.5 Å². The van der Waals surface area contributed by atoms with Gasteiger partial charge in [0.15, 0.2) is 0 Å². The van der Waals surface area contributed by atoms with Crippen LogP contribution in [-0.2, 0) is 0 Å². The summed E-state index contributed by atoms with van der Waals surface area (Å²) in [5.74, 6) is 1.75. The predicted octanol–water partition coefficient (Wildman–Crippen LogP) is 3.87. The van der Waals surface area contributed by atoms with Crippen molar-refractivity contribution in [1.82, 2.24) is 0 Å². The van der Waals surface area contributed by atoms with E-state index >= 15 is 0 Å². The lowest BCUT2D eigenvalue weighted by Crippen LogP contribution is -2.28. The van der Waals surface area contributed by atoms with Gasteiger partial charge >= 0.3 is 0 Å². The molecule has 0 bridgehead atoms. The highest BCUT2D eigenvalue weighted by molar-refractivity contribution is 7.80. The molecule has 118 valence electrons. The molecular formula is C18H24N2OS. The molecule has 3 nitrogen and oxygen atoms in total. The first-order valence-electron chi connectivity index (χ1n) is 7.70. The van der Waals surface area contributed by atoms with E-state index in [0.29, 0.717) is 0 Å². The van der Waals surface area contributed by atoms with Crippen LogP contribution in [0.5, 0.6) is 5.75 Å². The number of hydrogen-bond acceptors (Lipinski definition) is 4. The maximum absolute atomic E-state index is 5.74. The second kappa shape index (κ2) is 8.69. The van der Waals surface area contributed by atoms with Crippen LogP contribution in [0.3, 0.4) is 0 Å². The van der Waals surface area contributed by atoms with Crippen LogP contribution in [0.25, 0.3) is 6.08 Å². The van der Waals surface area contributed by atoms with E-state index in [1.165, 1.54) is 5.57 Å². The van der Waals surface area contributed by atoms with E-state index in [4.69, 9.17) is 4.74 Å². The standard InChI is InChI=1S/C18H24N2OS/c1-3-15(8-9-19-10-13-22)4-5-16-6-7-17-18(14-16)21-12-11-20(17)2/h4-9,14,22H,3,10-13H2,1-2H3/b5-4+,15-8+,19-9+. The van der Waals surface area contributed by atoms with E-state index in [9.17, 15) is 0 Å². The molecule has 1 aromatic rings. The summed E-state index contributed by atoms with van der Waals surface area (Å²) in [7, 11) is 2.10. The molecule has 1 aliphatic heterocycles. The molecular weight excluding hydrogens is 292 g/mol. The summed E-state index contributed by atoms with van der Waals surface area (Å²) in [5.41, 5.74) is 3.56. The van der Waals surface area contributed by atoms with Crippen molar-refractivity contribution in [2.45, 2.75) is 13.3 Å². The molecule has 0 aromatic heterocycles. The number of likely N-dealkylation sites (N-methyl/N-ethyl adjacent to an activating group) is 1. The van der Waals surface area contributed by atoms with Gasteiger partial charge < -0.3 is 9.64 Å². The van der Waals surface area contributed by atoms with Gasteiger partial charge in [-0.25, -0.2) is 0 Å². The zero-order chi connectivity index (χ0) is 15.8. The number of benzene rings is 1. The van der Waals surface area contributed by atoms with Gasteiger partial charge in [0.2, 0.25) is 0 Å². The summed E-state index contributed by atoms with van der Waals surface area (Å²) in [4.78, 5) is 6.49. The highest BCUT2D eigenvalue weighted by Gasteiger charge is 2.14. The molecule has 1 heterocycles. The van der Waals surface area contributed by atoms with Crippen molar-refractivity contribution < 1.29 is 4.74 Å². The van der Waals surface area contributed by atoms with E-state index in [-0.39, 0.29) is 0 Å². The Morgan fingerprint density at radius 2 is 2.32 bits per heavy atom. The molecule has 0 unspecified atom stereocenters. The number of allylic oxidation sites excluding steroid dienone is 3. The summed E-state index contributed by atoms with van der Waals surface area (Å²) in [6.07, 6.45) is 9.17. The summed E-state index contributed by atoms with van der Waals surface area (Å²) in [6.45, 7) is 4.60. The number of hydrogen-bond donors (Lipinski definition) is 1. The SMILES string of the molecule is CCC(/C=C/c1ccc2c(c1)OCCN2C)=C\C=N\CCS. The van der Waals surface area contributed by atoms with Crippen molar-refractivity contribution >= 4 is 30.6 Å². The Balaban J connectivity index is 2.08. The topological polar surface area (TPSA) is 24.8 Å². The van der Waals surface area contributed by atoms with Crippen molar-refractivity contribution in [2.75, 3.05) is 37.4 Å². The van der Waals surface area contributed by atoms with Crippen molar-refractivity contribution in [2.24, 2.45) is 4.99 Å². The summed E-state index contributed by atoms with van der Waals surface area (Å²) < 4.78 is 5.74. The molecule has 1 aliphatic rings. The minimum Gasteiger partial charge on any atom is -0.490 e. The lowest BCUT2D eigenvalue weighted by atomic mass is 10.1. The first-order chi connectivity index (χ1) is 10.7. The molecule has 2 rings (SSSR count). The number of ether oxygens (including phenoxy) is 1. The molecule has 0 fully saturated rings. The number of thiol groups is 1. The molecule has 0 N–H and O–H groups in total. The third kappa shape index (κ3) is 4.67. The summed E-state index contributed by atoms with van der Waals surface area (Å²) in [6, 6.07) is 6.35. The van der Waals surface area contributed by atoms with Crippen molar-refractivity contribution in [1.29, 1.82) is 0 Å². The van der Waals surface area contributed by atoms with Gasteiger partial charge in [0, 0.05) is 25.6 Å². The normalized spacial score (nSPS) is 15.4. The fourth-order valence-corrected chi connectivity index (χ4v) is 2.37. The number of anilines is 1. The summed E-state index contributed by atoms with van der Waals surface area (Å²) >= 11 is 4.14. The molecule has 0 radical (unpaired) electrons. The molecule has 0 atom stereocenters. The average molecular weight is 316 g/mol. The van der Waals surface area contributed by atoms with Gasteiger partial charge in [0.05, 0.1) is 12.2 Å². The molecule has 0 saturated heterocycles. The molecule has 0 aliphatic carbocycles. The van der Waals surface area contributed by atoms with Gasteiger partial charge in [-0.1, -0.05) is 25.1 Å². The van der Waals surface area contributed by atoms with Crippen molar-refractivity contribution in [3.63, 3.8) is 0 Å². The molecule has 0 spiro atoms. The predicted molar refractivity (Wildman–Crippen MR) is 99.8 cm³/mol. The zero-order valence-electron chi connectivity index (χ0n) is 13.3. The largest absolute Gasteiger partial charge is 0.490 e. The fraction of sp³-hybridized carbons (Fsp3) is 0.389. The van der Waals surface area contributed by atoms with Crippen LogP contribution in [0.4, 0.5) is 5.69 Å². The van der Waals surface area contributed by atoms with Crippen LogP contribution in [0.15, 0.2) is 40.9 Å². The number of rotatable bonds is 6. The van der Waals surface area contributed by atoms with Crippen LogP contribution in [0, 0.1) is 0 Å². The Hall–Kier alpha value is -1.68. The third-order valence-electron chi connectivity index (χ3n) is 3.60. The molecule has 1 aromatic carbocycles. The van der Waals surface area contributed by atoms with Gasteiger partial charge in [-0.15, -0.1) is 0 Å². The Kier molecular flexibility index (Phi) is 6.59. The number of aliphatic imine (C=N–C) groups is 1. The Morgan fingerprint density at radius 3 is 3.09 bits per heavy atom. The van der Waals surface area contributed by atoms with Crippen molar-refractivity contribution in [3.8, 4) is 5.75 Å². The van der Waals surface area contributed by atoms with Crippen LogP contribution in [0.1, 0.15) is 18.9 Å². The number of fused-ring (bicyclic) bond motifs is 1. The molecule has 0 saturated carbocycles.